The first-order valence-corrected chi connectivity index (χ1v) is 14.3. The Balaban J connectivity index is 0.00000552. The van der Waals surface area contributed by atoms with Crippen LogP contribution in [-0.2, 0) is 30.2 Å². The number of rotatable bonds is 13. The monoisotopic (exact) mass is 633 g/mol. The average Bonchev–Trinajstić information content (AvgIpc) is 3.01. The standard InChI is InChI=1S/C34H35N3O7.ClH/c1-4-43-33(38)30-23(2)36-24(3)31(32(30)28-10-5-11-29(21-28)37(40)41)34(39)44-19-18-42-17-7-9-25-12-14-26(15-13-25)20-27-8-6-16-35-22-27;/h5-16,21-22,32,36H,4,17-20H2,1-3H3;1H/b9-7+;. The molecule has 1 N–H and O–H groups in total. The maximum Gasteiger partial charge on any atom is 0.336 e. The number of allylic oxidation sites excluding steroid dienone is 2. The number of dihydropyridines is 1. The van der Waals surface area contributed by atoms with Crippen molar-refractivity contribution in [2.75, 3.05) is 26.4 Å². The Kier molecular flexibility index (Phi) is 13.0. The van der Waals surface area contributed by atoms with Gasteiger partial charge >= 0.3 is 11.9 Å². The molecule has 0 spiro atoms. The van der Waals surface area contributed by atoms with Crippen molar-refractivity contribution in [3.63, 3.8) is 0 Å². The van der Waals surface area contributed by atoms with Crippen LogP contribution in [0.1, 0.15) is 48.9 Å². The molecule has 2 aromatic carbocycles. The summed E-state index contributed by atoms with van der Waals surface area (Å²) in [4.78, 5) is 41.4. The molecule has 0 fully saturated rings. The molecule has 0 radical (unpaired) electrons. The minimum atomic E-state index is -0.915. The second-order valence-electron chi connectivity index (χ2n) is 10.1. The minimum absolute atomic E-state index is 0. The van der Waals surface area contributed by atoms with Gasteiger partial charge in [-0.05, 0) is 55.5 Å². The van der Waals surface area contributed by atoms with Crippen LogP contribution >= 0.6 is 12.4 Å². The number of nitrogens with zero attached hydrogens (tertiary/aromatic N) is 2. The lowest BCUT2D eigenvalue weighted by Gasteiger charge is -2.30. The van der Waals surface area contributed by atoms with E-state index in [1.54, 1.807) is 33.0 Å². The van der Waals surface area contributed by atoms with Gasteiger partial charge in [0, 0.05) is 35.9 Å². The number of non-ortho nitro benzene ring substituents is 1. The molecule has 2 heterocycles. The quantitative estimate of drug-likeness (QED) is 0.103. The van der Waals surface area contributed by atoms with Gasteiger partial charge in [0.2, 0.25) is 0 Å². The van der Waals surface area contributed by atoms with Crippen molar-refractivity contribution in [2.45, 2.75) is 33.1 Å². The topological polar surface area (TPSA) is 130 Å². The summed E-state index contributed by atoms with van der Waals surface area (Å²) < 4.78 is 16.4. The number of ether oxygens (including phenoxy) is 3. The van der Waals surface area contributed by atoms with E-state index in [1.165, 1.54) is 23.8 Å². The molecule has 0 saturated heterocycles. The summed E-state index contributed by atoms with van der Waals surface area (Å²) in [5.74, 6) is -2.20. The van der Waals surface area contributed by atoms with Gasteiger partial charge in [0.05, 0.1) is 41.8 Å². The van der Waals surface area contributed by atoms with E-state index in [9.17, 15) is 19.7 Å². The number of hydrogen-bond acceptors (Lipinski definition) is 9. The molecule has 236 valence electrons. The van der Waals surface area contributed by atoms with Crippen LogP contribution in [0.4, 0.5) is 5.69 Å². The van der Waals surface area contributed by atoms with E-state index in [0.29, 0.717) is 23.6 Å². The molecule has 3 aromatic rings. The number of aromatic nitrogens is 1. The predicted molar refractivity (Wildman–Crippen MR) is 173 cm³/mol. The first-order valence-electron chi connectivity index (χ1n) is 14.3. The smallest absolute Gasteiger partial charge is 0.336 e. The number of carbonyl (C=O) groups is 2. The van der Waals surface area contributed by atoms with Crippen LogP contribution in [0.15, 0.2) is 102 Å². The summed E-state index contributed by atoms with van der Waals surface area (Å²) in [5, 5.41) is 14.5. The minimum Gasteiger partial charge on any atom is -0.463 e. The number of nitro groups is 1. The third-order valence-corrected chi connectivity index (χ3v) is 6.99. The molecule has 0 bridgehead atoms. The molecule has 0 aliphatic carbocycles. The van der Waals surface area contributed by atoms with Gasteiger partial charge in [-0.1, -0.05) is 54.6 Å². The van der Waals surface area contributed by atoms with Crippen molar-refractivity contribution in [1.29, 1.82) is 0 Å². The zero-order chi connectivity index (χ0) is 31.5. The maximum atomic E-state index is 13.4. The van der Waals surface area contributed by atoms with Gasteiger partial charge in [-0.2, -0.15) is 0 Å². The van der Waals surface area contributed by atoms with Gasteiger partial charge in [-0.3, -0.25) is 15.1 Å². The van der Waals surface area contributed by atoms with E-state index >= 15 is 0 Å². The van der Waals surface area contributed by atoms with Crippen molar-refractivity contribution in [1.82, 2.24) is 10.3 Å². The predicted octanol–water partition coefficient (Wildman–Crippen LogP) is 6.07. The van der Waals surface area contributed by atoms with E-state index in [4.69, 9.17) is 14.2 Å². The summed E-state index contributed by atoms with van der Waals surface area (Å²) in [6.45, 7) is 5.65. The van der Waals surface area contributed by atoms with E-state index in [0.717, 1.165) is 17.5 Å². The highest BCUT2D eigenvalue weighted by Gasteiger charge is 2.38. The van der Waals surface area contributed by atoms with E-state index < -0.39 is 22.8 Å². The second-order valence-corrected chi connectivity index (χ2v) is 10.1. The van der Waals surface area contributed by atoms with E-state index in [-0.39, 0.29) is 49.1 Å². The lowest BCUT2D eigenvalue weighted by molar-refractivity contribution is -0.384. The normalized spacial score (nSPS) is 14.5. The zero-order valence-corrected chi connectivity index (χ0v) is 26.2. The molecule has 45 heavy (non-hydrogen) atoms. The second kappa shape index (κ2) is 16.9. The van der Waals surface area contributed by atoms with Crippen LogP contribution in [0.5, 0.6) is 0 Å². The first kappa shape index (κ1) is 34.7. The van der Waals surface area contributed by atoms with Crippen LogP contribution in [-0.4, -0.2) is 48.3 Å². The van der Waals surface area contributed by atoms with Gasteiger partial charge in [0.1, 0.15) is 6.61 Å². The van der Waals surface area contributed by atoms with Gasteiger partial charge < -0.3 is 19.5 Å². The van der Waals surface area contributed by atoms with E-state index in [1.807, 2.05) is 42.6 Å². The number of hydrogen-bond donors (Lipinski definition) is 1. The Labute approximate surface area is 268 Å². The van der Waals surface area contributed by atoms with Crippen molar-refractivity contribution in [2.24, 2.45) is 0 Å². The molecule has 11 heteroatoms. The molecule has 1 aromatic heterocycles. The molecule has 1 unspecified atom stereocenters. The van der Waals surface area contributed by atoms with Crippen molar-refractivity contribution in [3.05, 3.63) is 134 Å². The summed E-state index contributed by atoms with van der Waals surface area (Å²) >= 11 is 0. The number of benzene rings is 2. The SMILES string of the molecule is CCOC(=O)C1=C(C)NC(C)=C(C(=O)OCCOC/C=C/c2ccc(Cc3cccnc3)cc2)C1c1cccc([N+](=O)[O-])c1.Cl. The molecule has 1 aliphatic heterocycles. The van der Waals surface area contributed by atoms with Crippen molar-refractivity contribution in [3.8, 4) is 0 Å². The zero-order valence-electron chi connectivity index (χ0n) is 25.4. The number of pyridine rings is 1. The van der Waals surface area contributed by atoms with Crippen LogP contribution in [0.2, 0.25) is 0 Å². The Morgan fingerprint density at radius 3 is 2.31 bits per heavy atom. The molecule has 0 amide bonds. The molecule has 1 atom stereocenters. The van der Waals surface area contributed by atoms with Crippen molar-refractivity contribution < 1.29 is 28.7 Å². The largest absolute Gasteiger partial charge is 0.463 e. The molecule has 1 aliphatic rings. The number of halogens is 1. The highest BCUT2D eigenvalue weighted by atomic mass is 35.5. The van der Waals surface area contributed by atoms with Crippen molar-refractivity contribution >= 4 is 36.1 Å². The Morgan fingerprint density at radius 1 is 0.956 bits per heavy atom. The molecular formula is C34H36ClN3O7. The number of carbonyl (C=O) groups excluding carboxylic acids is 2. The third-order valence-electron chi connectivity index (χ3n) is 6.99. The fraction of sp³-hybridized carbons (Fsp3) is 0.265. The summed E-state index contributed by atoms with van der Waals surface area (Å²) in [6, 6.07) is 18.1. The summed E-state index contributed by atoms with van der Waals surface area (Å²) in [7, 11) is 0. The van der Waals surface area contributed by atoms with Gasteiger partial charge in [-0.25, -0.2) is 9.59 Å². The Morgan fingerprint density at radius 2 is 1.67 bits per heavy atom. The fourth-order valence-electron chi connectivity index (χ4n) is 4.99. The number of nitro benzene ring substituents is 1. The highest BCUT2D eigenvalue weighted by Crippen LogP contribution is 2.40. The highest BCUT2D eigenvalue weighted by molar-refractivity contribution is 6.00. The Bertz CT molecular complexity index is 1580. The molecule has 4 rings (SSSR count). The first-order chi connectivity index (χ1) is 21.3. The molecule has 10 nitrogen and oxygen atoms in total. The lowest BCUT2D eigenvalue weighted by atomic mass is 9.80. The number of nitrogens with one attached hydrogen (secondary N) is 1. The average molecular weight is 634 g/mol. The van der Waals surface area contributed by atoms with Crippen LogP contribution in [0.25, 0.3) is 6.08 Å². The number of esters is 2. The Hall–Kier alpha value is -4.80. The maximum absolute atomic E-state index is 13.4. The van der Waals surface area contributed by atoms with Gasteiger partial charge in [-0.15, -0.1) is 12.4 Å². The van der Waals surface area contributed by atoms with Gasteiger partial charge in [0.15, 0.2) is 0 Å². The summed E-state index contributed by atoms with van der Waals surface area (Å²) in [5.41, 5.74) is 4.97. The molecular weight excluding hydrogens is 598 g/mol. The third kappa shape index (κ3) is 9.34. The van der Waals surface area contributed by atoms with Crippen LogP contribution < -0.4 is 5.32 Å². The molecule has 0 saturated carbocycles. The van der Waals surface area contributed by atoms with Crippen LogP contribution in [0, 0.1) is 10.1 Å². The van der Waals surface area contributed by atoms with Crippen LogP contribution in [0.3, 0.4) is 0 Å². The van der Waals surface area contributed by atoms with Gasteiger partial charge in [0.25, 0.3) is 5.69 Å². The van der Waals surface area contributed by atoms with E-state index in [2.05, 4.69) is 22.4 Å². The fourth-order valence-corrected chi connectivity index (χ4v) is 4.99. The lowest BCUT2D eigenvalue weighted by Crippen LogP contribution is -2.32. The summed E-state index contributed by atoms with van der Waals surface area (Å²) in [6.07, 6.45) is 8.28.